The zero-order valence-corrected chi connectivity index (χ0v) is 14.7. The van der Waals surface area contributed by atoms with Gasteiger partial charge in [-0.05, 0) is 17.7 Å². The number of aromatic nitrogens is 3. The third-order valence-electron chi connectivity index (χ3n) is 4.69. The van der Waals surface area contributed by atoms with Crippen molar-refractivity contribution >= 4 is 5.91 Å². The third-order valence-corrected chi connectivity index (χ3v) is 4.69. The first kappa shape index (κ1) is 17.2. The Hall–Kier alpha value is -3.22. The maximum atomic E-state index is 13.5. The van der Waals surface area contributed by atoms with Crippen LogP contribution < -0.4 is 0 Å². The maximum absolute atomic E-state index is 13.5. The SMILES string of the molecule is O=C(Cc1ccc(O)c(F)c1)N1CCc2nc(-c3ccccc3)nn2CC1. The number of nitrogens with zero attached hydrogens (tertiary/aromatic N) is 4. The number of rotatable bonds is 3. The molecule has 0 unspecified atom stereocenters. The Morgan fingerprint density at radius 3 is 2.70 bits per heavy atom. The van der Waals surface area contributed by atoms with Crippen molar-refractivity contribution in [2.24, 2.45) is 0 Å². The van der Waals surface area contributed by atoms with Crippen LogP contribution >= 0.6 is 0 Å². The first-order valence-corrected chi connectivity index (χ1v) is 8.84. The van der Waals surface area contributed by atoms with Gasteiger partial charge >= 0.3 is 0 Å². The van der Waals surface area contributed by atoms with Gasteiger partial charge in [-0.2, -0.15) is 5.10 Å². The molecule has 0 atom stereocenters. The molecule has 0 saturated heterocycles. The molecule has 6 nitrogen and oxygen atoms in total. The van der Waals surface area contributed by atoms with Gasteiger partial charge in [0.25, 0.3) is 0 Å². The van der Waals surface area contributed by atoms with E-state index in [2.05, 4.69) is 10.1 Å². The number of carbonyl (C=O) groups excluding carboxylic acids is 1. The minimum absolute atomic E-state index is 0.0749. The molecule has 2 heterocycles. The smallest absolute Gasteiger partial charge is 0.227 e. The lowest BCUT2D eigenvalue weighted by molar-refractivity contribution is -0.130. The third kappa shape index (κ3) is 3.67. The Balaban J connectivity index is 1.43. The molecule has 2 aromatic carbocycles. The van der Waals surface area contributed by atoms with Crippen LogP contribution in [0, 0.1) is 5.82 Å². The van der Waals surface area contributed by atoms with E-state index in [-0.39, 0.29) is 12.3 Å². The number of phenols is 1. The monoisotopic (exact) mass is 366 g/mol. The average Bonchev–Trinajstić information content (AvgIpc) is 2.98. The van der Waals surface area contributed by atoms with Gasteiger partial charge in [0.2, 0.25) is 5.91 Å². The lowest BCUT2D eigenvalue weighted by Crippen LogP contribution is -2.34. The number of carbonyl (C=O) groups is 1. The van der Waals surface area contributed by atoms with Crippen LogP contribution in [0.5, 0.6) is 5.75 Å². The predicted octanol–water partition coefficient (Wildman–Crippen LogP) is 2.42. The minimum atomic E-state index is -0.714. The van der Waals surface area contributed by atoms with Crippen molar-refractivity contribution < 1.29 is 14.3 Å². The highest BCUT2D eigenvalue weighted by Gasteiger charge is 2.21. The van der Waals surface area contributed by atoms with Gasteiger partial charge in [-0.3, -0.25) is 4.79 Å². The zero-order chi connectivity index (χ0) is 18.8. The summed E-state index contributed by atoms with van der Waals surface area (Å²) in [5.41, 5.74) is 1.52. The molecule has 0 fully saturated rings. The molecule has 3 aromatic rings. The van der Waals surface area contributed by atoms with Crippen LogP contribution in [0.4, 0.5) is 4.39 Å². The molecule has 7 heteroatoms. The molecule has 0 spiro atoms. The van der Waals surface area contributed by atoms with Gasteiger partial charge in [0.1, 0.15) is 5.82 Å². The predicted molar refractivity (Wildman–Crippen MR) is 97.5 cm³/mol. The van der Waals surface area contributed by atoms with Crippen molar-refractivity contribution in [2.75, 3.05) is 13.1 Å². The number of benzene rings is 2. The second-order valence-electron chi connectivity index (χ2n) is 6.53. The number of fused-ring (bicyclic) bond motifs is 1. The molecule has 1 aliphatic rings. The summed E-state index contributed by atoms with van der Waals surface area (Å²) in [6.45, 7) is 1.65. The summed E-state index contributed by atoms with van der Waals surface area (Å²) in [6.07, 6.45) is 0.720. The highest BCUT2D eigenvalue weighted by atomic mass is 19.1. The Labute approximate surface area is 155 Å². The van der Waals surface area contributed by atoms with E-state index in [4.69, 9.17) is 0 Å². The van der Waals surface area contributed by atoms with Crippen LogP contribution in [0.25, 0.3) is 11.4 Å². The average molecular weight is 366 g/mol. The molecule has 4 rings (SSSR count). The largest absolute Gasteiger partial charge is 0.505 e. The number of hydrogen-bond acceptors (Lipinski definition) is 4. The Morgan fingerprint density at radius 1 is 1.11 bits per heavy atom. The van der Waals surface area contributed by atoms with Crippen LogP contribution in [-0.4, -0.2) is 43.8 Å². The first-order valence-electron chi connectivity index (χ1n) is 8.84. The van der Waals surface area contributed by atoms with Crippen molar-refractivity contribution in [3.05, 3.63) is 65.7 Å². The van der Waals surface area contributed by atoms with Gasteiger partial charge in [0, 0.05) is 25.1 Å². The van der Waals surface area contributed by atoms with Crippen molar-refractivity contribution in [3.8, 4) is 17.1 Å². The Kier molecular flexibility index (Phi) is 4.58. The van der Waals surface area contributed by atoms with Crippen molar-refractivity contribution in [1.82, 2.24) is 19.7 Å². The van der Waals surface area contributed by atoms with Gasteiger partial charge in [-0.15, -0.1) is 0 Å². The van der Waals surface area contributed by atoms with E-state index >= 15 is 0 Å². The second-order valence-corrected chi connectivity index (χ2v) is 6.53. The highest BCUT2D eigenvalue weighted by Crippen LogP contribution is 2.19. The molecule has 27 heavy (non-hydrogen) atoms. The fourth-order valence-electron chi connectivity index (χ4n) is 3.21. The Morgan fingerprint density at radius 2 is 1.93 bits per heavy atom. The van der Waals surface area contributed by atoms with E-state index in [1.54, 1.807) is 11.0 Å². The number of hydrogen-bond donors (Lipinski definition) is 1. The summed E-state index contributed by atoms with van der Waals surface area (Å²) < 4.78 is 15.3. The molecule has 138 valence electrons. The molecule has 0 saturated carbocycles. The summed E-state index contributed by atoms with van der Waals surface area (Å²) >= 11 is 0. The fraction of sp³-hybridized carbons (Fsp3) is 0.250. The van der Waals surface area contributed by atoms with Crippen LogP contribution in [0.3, 0.4) is 0 Å². The normalized spacial score (nSPS) is 13.9. The topological polar surface area (TPSA) is 71.2 Å². The number of aromatic hydroxyl groups is 1. The molecular formula is C20H19FN4O2. The van der Waals surface area contributed by atoms with E-state index in [0.717, 1.165) is 11.4 Å². The van der Waals surface area contributed by atoms with E-state index in [0.29, 0.717) is 37.4 Å². The van der Waals surface area contributed by atoms with E-state index < -0.39 is 11.6 Å². The number of amides is 1. The van der Waals surface area contributed by atoms with Crippen LogP contribution in [-0.2, 0) is 24.2 Å². The molecule has 1 N–H and O–H groups in total. The first-order chi connectivity index (χ1) is 13.1. The molecule has 1 amide bonds. The standard InChI is InChI=1S/C20H19FN4O2/c21-16-12-14(6-7-17(16)26)13-19(27)24-9-8-18-22-20(23-25(18)11-10-24)15-4-2-1-3-5-15/h1-7,12,26H,8-11,13H2. The summed E-state index contributed by atoms with van der Waals surface area (Å²) in [6, 6.07) is 13.8. The van der Waals surface area contributed by atoms with E-state index in [9.17, 15) is 14.3 Å². The van der Waals surface area contributed by atoms with Crippen molar-refractivity contribution in [1.29, 1.82) is 0 Å². The molecule has 0 radical (unpaired) electrons. The summed E-state index contributed by atoms with van der Waals surface area (Å²) in [5.74, 6) is 0.361. The van der Waals surface area contributed by atoms with E-state index in [1.165, 1.54) is 12.1 Å². The molecule has 1 aromatic heterocycles. The Bertz CT molecular complexity index is 946. The lowest BCUT2D eigenvalue weighted by atomic mass is 10.1. The summed E-state index contributed by atoms with van der Waals surface area (Å²) in [4.78, 5) is 18.9. The lowest BCUT2D eigenvalue weighted by Gasteiger charge is -2.20. The van der Waals surface area contributed by atoms with Crippen molar-refractivity contribution in [2.45, 2.75) is 19.4 Å². The summed E-state index contributed by atoms with van der Waals surface area (Å²) in [7, 11) is 0. The van der Waals surface area contributed by atoms with Gasteiger partial charge in [0.05, 0.1) is 13.0 Å². The molecule has 0 bridgehead atoms. The van der Waals surface area contributed by atoms with Crippen LogP contribution in [0.15, 0.2) is 48.5 Å². The van der Waals surface area contributed by atoms with Gasteiger partial charge in [-0.1, -0.05) is 36.4 Å². The van der Waals surface area contributed by atoms with Crippen LogP contribution in [0.2, 0.25) is 0 Å². The van der Waals surface area contributed by atoms with Crippen LogP contribution in [0.1, 0.15) is 11.4 Å². The zero-order valence-electron chi connectivity index (χ0n) is 14.7. The van der Waals surface area contributed by atoms with Gasteiger partial charge < -0.3 is 10.0 Å². The number of halogens is 1. The minimum Gasteiger partial charge on any atom is -0.505 e. The second kappa shape index (κ2) is 7.19. The van der Waals surface area contributed by atoms with Crippen molar-refractivity contribution in [3.63, 3.8) is 0 Å². The maximum Gasteiger partial charge on any atom is 0.227 e. The quantitative estimate of drug-likeness (QED) is 0.773. The highest BCUT2D eigenvalue weighted by molar-refractivity contribution is 5.78. The number of phenolic OH excluding ortho intramolecular Hbond substituents is 1. The fourth-order valence-corrected chi connectivity index (χ4v) is 3.21. The van der Waals surface area contributed by atoms with Gasteiger partial charge in [0.15, 0.2) is 17.4 Å². The van der Waals surface area contributed by atoms with E-state index in [1.807, 2.05) is 35.0 Å². The molecule has 1 aliphatic heterocycles. The molecular weight excluding hydrogens is 347 g/mol. The molecule has 0 aliphatic carbocycles. The summed E-state index contributed by atoms with van der Waals surface area (Å²) in [5, 5.41) is 13.8. The van der Waals surface area contributed by atoms with Gasteiger partial charge in [-0.25, -0.2) is 14.1 Å².